The van der Waals surface area contributed by atoms with Gasteiger partial charge in [0.2, 0.25) is 0 Å². The third-order valence-electron chi connectivity index (χ3n) is 3.95. The number of ether oxygens (including phenoxy) is 3. The van der Waals surface area contributed by atoms with Crippen LogP contribution in [0.5, 0.6) is 17.2 Å². The Morgan fingerprint density at radius 2 is 1.48 bits per heavy atom. The molecule has 0 unspecified atom stereocenters. The highest BCUT2D eigenvalue weighted by Crippen LogP contribution is 2.30. The SMILES string of the molecule is COc1ccc2cc(C(=O)Nc3ccc(OC)c(OC)c3)ccc2c1. The van der Waals surface area contributed by atoms with Crippen LogP contribution in [-0.4, -0.2) is 27.2 Å². The number of rotatable bonds is 5. The zero-order valence-corrected chi connectivity index (χ0v) is 14.3. The molecule has 0 aliphatic carbocycles. The summed E-state index contributed by atoms with van der Waals surface area (Å²) in [5, 5.41) is 4.86. The van der Waals surface area contributed by atoms with Gasteiger partial charge in [-0.3, -0.25) is 4.79 Å². The first-order chi connectivity index (χ1) is 12.1. The molecule has 0 atom stereocenters. The molecule has 0 fully saturated rings. The molecule has 0 radical (unpaired) electrons. The average Bonchev–Trinajstić information content (AvgIpc) is 2.66. The van der Waals surface area contributed by atoms with Crippen molar-refractivity contribution < 1.29 is 19.0 Å². The lowest BCUT2D eigenvalue weighted by Crippen LogP contribution is -2.11. The van der Waals surface area contributed by atoms with Crippen LogP contribution in [0.3, 0.4) is 0 Å². The van der Waals surface area contributed by atoms with Crippen molar-refractivity contribution in [2.75, 3.05) is 26.6 Å². The predicted octanol–water partition coefficient (Wildman–Crippen LogP) is 4.12. The number of benzene rings is 3. The molecular formula is C20H19NO4. The Labute approximate surface area is 146 Å². The van der Waals surface area contributed by atoms with E-state index in [4.69, 9.17) is 14.2 Å². The van der Waals surface area contributed by atoms with Crippen LogP contribution < -0.4 is 19.5 Å². The fourth-order valence-electron chi connectivity index (χ4n) is 2.61. The Bertz CT molecular complexity index is 921. The van der Waals surface area contributed by atoms with E-state index in [0.717, 1.165) is 16.5 Å². The van der Waals surface area contributed by atoms with Crippen molar-refractivity contribution >= 4 is 22.4 Å². The van der Waals surface area contributed by atoms with E-state index in [2.05, 4.69) is 5.32 Å². The summed E-state index contributed by atoms with van der Waals surface area (Å²) in [5.41, 5.74) is 1.21. The summed E-state index contributed by atoms with van der Waals surface area (Å²) in [4.78, 5) is 12.5. The van der Waals surface area contributed by atoms with Crippen LogP contribution >= 0.6 is 0 Å². The molecular weight excluding hydrogens is 318 g/mol. The summed E-state index contributed by atoms with van der Waals surface area (Å²) in [7, 11) is 4.76. The highest BCUT2D eigenvalue weighted by atomic mass is 16.5. The van der Waals surface area contributed by atoms with Crippen molar-refractivity contribution in [2.45, 2.75) is 0 Å². The highest BCUT2D eigenvalue weighted by molar-refractivity contribution is 6.06. The van der Waals surface area contributed by atoms with Crippen molar-refractivity contribution in [3.05, 3.63) is 60.2 Å². The molecule has 3 aromatic carbocycles. The minimum Gasteiger partial charge on any atom is -0.497 e. The number of amides is 1. The van der Waals surface area contributed by atoms with Crippen LogP contribution in [-0.2, 0) is 0 Å². The van der Waals surface area contributed by atoms with Gasteiger partial charge in [0.1, 0.15) is 5.75 Å². The maximum atomic E-state index is 12.5. The van der Waals surface area contributed by atoms with Crippen LogP contribution in [0.25, 0.3) is 10.8 Å². The molecule has 0 bridgehead atoms. The maximum absolute atomic E-state index is 12.5. The first-order valence-corrected chi connectivity index (χ1v) is 7.76. The van der Waals surface area contributed by atoms with Gasteiger partial charge in [0.15, 0.2) is 11.5 Å². The monoisotopic (exact) mass is 337 g/mol. The molecule has 25 heavy (non-hydrogen) atoms. The molecule has 3 rings (SSSR count). The Hall–Kier alpha value is -3.21. The van der Waals surface area contributed by atoms with Crippen LogP contribution in [0.1, 0.15) is 10.4 Å². The van der Waals surface area contributed by atoms with E-state index in [1.54, 1.807) is 45.6 Å². The number of carbonyl (C=O) groups is 1. The normalized spacial score (nSPS) is 10.4. The minimum atomic E-state index is -0.190. The molecule has 0 saturated carbocycles. The minimum absolute atomic E-state index is 0.190. The Kier molecular flexibility index (Phi) is 4.75. The van der Waals surface area contributed by atoms with Gasteiger partial charge in [0.05, 0.1) is 21.3 Å². The number of hydrogen-bond acceptors (Lipinski definition) is 4. The third kappa shape index (κ3) is 3.50. The average molecular weight is 337 g/mol. The Balaban J connectivity index is 1.84. The largest absolute Gasteiger partial charge is 0.497 e. The standard InChI is InChI=1S/C20H19NO4/c1-23-17-8-6-13-10-15(5-4-14(13)11-17)20(22)21-16-7-9-18(24-2)19(12-16)25-3/h4-12H,1-3H3,(H,21,22). The van der Waals surface area contributed by atoms with Crippen LogP contribution in [0.2, 0.25) is 0 Å². The van der Waals surface area contributed by atoms with E-state index in [9.17, 15) is 4.79 Å². The first kappa shape index (κ1) is 16.6. The third-order valence-corrected chi connectivity index (χ3v) is 3.95. The Morgan fingerprint density at radius 3 is 2.20 bits per heavy atom. The van der Waals surface area contributed by atoms with Crippen molar-refractivity contribution in [1.29, 1.82) is 0 Å². The number of carbonyl (C=O) groups excluding carboxylic acids is 1. The highest BCUT2D eigenvalue weighted by Gasteiger charge is 2.10. The molecule has 0 aliphatic rings. The van der Waals surface area contributed by atoms with Gasteiger partial charge in [-0.1, -0.05) is 12.1 Å². The lowest BCUT2D eigenvalue weighted by Gasteiger charge is -2.11. The van der Waals surface area contributed by atoms with Crippen molar-refractivity contribution in [1.82, 2.24) is 0 Å². The summed E-state index contributed by atoms with van der Waals surface area (Å²) >= 11 is 0. The van der Waals surface area contributed by atoms with Gasteiger partial charge in [0.25, 0.3) is 5.91 Å². The zero-order chi connectivity index (χ0) is 17.8. The molecule has 128 valence electrons. The van der Waals surface area contributed by atoms with Crippen LogP contribution in [0, 0.1) is 0 Å². The van der Waals surface area contributed by atoms with Gasteiger partial charge in [0, 0.05) is 17.3 Å². The van der Waals surface area contributed by atoms with Crippen molar-refractivity contribution in [3.63, 3.8) is 0 Å². The zero-order valence-electron chi connectivity index (χ0n) is 14.3. The number of anilines is 1. The quantitative estimate of drug-likeness (QED) is 0.761. The van der Waals surface area contributed by atoms with Crippen LogP contribution in [0.15, 0.2) is 54.6 Å². The van der Waals surface area contributed by atoms with Gasteiger partial charge >= 0.3 is 0 Å². The Morgan fingerprint density at radius 1 is 0.760 bits per heavy atom. The fraction of sp³-hybridized carbons (Fsp3) is 0.150. The number of hydrogen-bond donors (Lipinski definition) is 1. The lowest BCUT2D eigenvalue weighted by atomic mass is 10.1. The molecule has 5 nitrogen and oxygen atoms in total. The summed E-state index contributed by atoms with van der Waals surface area (Å²) in [6.07, 6.45) is 0. The molecule has 0 saturated heterocycles. The van der Waals surface area contributed by atoms with E-state index in [1.807, 2.05) is 30.3 Å². The summed E-state index contributed by atoms with van der Waals surface area (Å²) in [6.45, 7) is 0. The topological polar surface area (TPSA) is 56.8 Å². The fourth-order valence-corrected chi connectivity index (χ4v) is 2.61. The lowest BCUT2D eigenvalue weighted by molar-refractivity contribution is 0.102. The summed E-state index contributed by atoms with van der Waals surface area (Å²) in [5.74, 6) is 1.77. The second-order valence-electron chi connectivity index (χ2n) is 5.45. The molecule has 0 aliphatic heterocycles. The van der Waals surface area contributed by atoms with Gasteiger partial charge in [-0.25, -0.2) is 0 Å². The van der Waals surface area contributed by atoms with E-state index in [0.29, 0.717) is 22.7 Å². The van der Waals surface area contributed by atoms with E-state index in [1.165, 1.54) is 0 Å². The number of fused-ring (bicyclic) bond motifs is 1. The molecule has 5 heteroatoms. The molecule has 0 heterocycles. The molecule has 0 spiro atoms. The molecule has 1 amide bonds. The first-order valence-electron chi connectivity index (χ1n) is 7.76. The van der Waals surface area contributed by atoms with Crippen molar-refractivity contribution in [3.8, 4) is 17.2 Å². The molecule has 1 N–H and O–H groups in total. The maximum Gasteiger partial charge on any atom is 0.255 e. The summed E-state index contributed by atoms with van der Waals surface area (Å²) in [6, 6.07) is 16.5. The van der Waals surface area contributed by atoms with Gasteiger partial charge in [-0.05, 0) is 47.2 Å². The van der Waals surface area contributed by atoms with Crippen molar-refractivity contribution in [2.24, 2.45) is 0 Å². The van der Waals surface area contributed by atoms with Gasteiger partial charge in [-0.2, -0.15) is 0 Å². The summed E-state index contributed by atoms with van der Waals surface area (Å²) < 4.78 is 15.7. The molecule has 3 aromatic rings. The molecule has 0 aromatic heterocycles. The smallest absolute Gasteiger partial charge is 0.255 e. The second kappa shape index (κ2) is 7.13. The van der Waals surface area contributed by atoms with Gasteiger partial charge in [-0.15, -0.1) is 0 Å². The van der Waals surface area contributed by atoms with Gasteiger partial charge < -0.3 is 19.5 Å². The predicted molar refractivity (Wildman–Crippen MR) is 98.0 cm³/mol. The van der Waals surface area contributed by atoms with E-state index < -0.39 is 0 Å². The van der Waals surface area contributed by atoms with E-state index in [-0.39, 0.29) is 5.91 Å². The van der Waals surface area contributed by atoms with E-state index >= 15 is 0 Å². The second-order valence-corrected chi connectivity index (χ2v) is 5.45. The number of nitrogens with one attached hydrogen (secondary N) is 1. The van der Waals surface area contributed by atoms with Crippen LogP contribution in [0.4, 0.5) is 5.69 Å². The number of methoxy groups -OCH3 is 3.